The Morgan fingerprint density at radius 3 is 2.63 bits per heavy atom. The second-order valence-electron chi connectivity index (χ2n) is 6.70. The molecule has 1 aliphatic heterocycles. The highest BCUT2D eigenvalue weighted by Crippen LogP contribution is 2.39. The van der Waals surface area contributed by atoms with Crippen LogP contribution < -0.4 is 14.8 Å². The van der Waals surface area contributed by atoms with E-state index in [2.05, 4.69) is 5.32 Å². The van der Waals surface area contributed by atoms with Crippen LogP contribution in [0.25, 0.3) is 0 Å². The van der Waals surface area contributed by atoms with Gasteiger partial charge in [-0.3, -0.25) is 9.59 Å². The maximum Gasteiger partial charge on any atom is 0.255 e. The van der Waals surface area contributed by atoms with Crippen LogP contribution >= 0.6 is 11.3 Å². The van der Waals surface area contributed by atoms with E-state index in [-0.39, 0.29) is 18.4 Å². The summed E-state index contributed by atoms with van der Waals surface area (Å²) in [6.45, 7) is -0.175. The van der Waals surface area contributed by atoms with Gasteiger partial charge in [-0.25, -0.2) is 4.39 Å². The fourth-order valence-corrected chi connectivity index (χ4v) is 4.41. The highest BCUT2D eigenvalue weighted by atomic mass is 32.1. The third-order valence-corrected chi connectivity index (χ3v) is 5.84. The molecule has 0 saturated carbocycles. The third-order valence-electron chi connectivity index (χ3n) is 4.91. The lowest BCUT2D eigenvalue weighted by Crippen LogP contribution is -2.38. The number of thiophene rings is 1. The van der Waals surface area contributed by atoms with Gasteiger partial charge in [-0.15, -0.1) is 11.3 Å². The lowest BCUT2D eigenvalue weighted by molar-refractivity contribution is -0.117. The summed E-state index contributed by atoms with van der Waals surface area (Å²) in [5, 5.41) is 4.66. The van der Waals surface area contributed by atoms with Crippen molar-refractivity contribution < 1.29 is 23.5 Å². The second-order valence-corrected chi connectivity index (χ2v) is 7.68. The number of anilines is 1. The molecule has 0 radical (unpaired) electrons. The molecule has 1 aromatic heterocycles. The number of halogens is 1. The van der Waals surface area contributed by atoms with Gasteiger partial charge in [-0.1, -0.05) is 6.07 Å². The molecule has 154 valence electrons. The van der Waals surface area contributed by atoms with Crippen LogP contribution in [0, 0.1) is 5.82 Å². The fourth-order valence-electron chi connectivity index (χ4n) is 3.56. The smallest absolute Gasteiger partial charge is 0.255 e. The Morgan fingerprint density at radius 2 is 1.93 bits per heavy atom. The normalized spacial score (nSPS) is 15.8. The Bertz CT molecular complexity index is 1100. The zero-order valence-electron chi connectivity index (χ0n) is 16.3. The zero-order chi connectivity index (χ0) is 21.3. The minimum absolute atomic E-state index is 0.175. The van der Waals surface area contributed by atoms with Crippen LogP contribution in [0.4, 0.5) is 10.1 Å². The monoisotopic (exact) mass is 426 g/mol. The average Bonchev–Trinajstić information content (AvgIpc) is 3.23. The Labute approximate surface area is 176 Å². The number of nitrogens with zero attached hydrogens (tertiary/aromatic N) is 1. The molecule has 1 N–H and O–H groups in total. The molecule has 1 atom stereocenters. The number of carbonyl (C=O) groups is 2. The van der Waals surface area contributed by atoms with E-state index in [9.17, 15) is 14.0 Å². The van der Waals surface area contributed by atoms with Gasteiger partial charge in [-0.2, -0.15) is 0 Å². The first-order valence-corrected chi connectivity index (χ1v) is 10.1. The lowest BCUT2D eigenvalue weighted by Gasteiger charge is -2.29. The van der Waals surface area contributed by atoms with Crippen LogP contribution in [0.15, 0.2) is 53.9 Å². The van der Waals surface area contributed by atoms with Crippen molar-refractivity contribution in [1.82, 2.24) is 4.90 Å². The summed E-state index contributed by atoms with van der Waals surface area (Å²) in [5.41, 5.74) is 1.35. The molecule has 3 aromatic rings. The number of methoxy groups -OCH3 is 2. The standard InChI is InChI=1S/C22H19FN2O4S/c1-28-17-8-5-13(10-18(17)29-2)22(27)25-12-20(26)24-16-7-6-14(23)11-15(16)21(25)19-4-3-9-30-19/h3-11,21H,12H2,1-2H3,(H,24,26). The van der Waals surface area contributed by atoms with Gasteiger partial charge in [0.15, 0.2) is 11.5 Å². The van der Waals surface area contributed by atoms with Crippen molar-refractivity contribution in [2.24, 2.45) is 0 Å². The Balaban J connectivity index is 1.84. The quantitative estimate of drug-likeness (QED) is 0.682. The number of carbonyl (C=O) groups excluding carboxylic acids is 2. The van der Waals surface area contributed by atoms with E-state index in [1.807, 2.05) is 17.5 Å². The van der Waals surface area contributed by atoms with Gasteiger partial charge in [-0.05, 0) is 47.8 Å². The molecule has 4 rings (SSSR count). The van der Waals surface area contributed by atoms with E-state index in [0.29, 0.717) is 28.3 Å². The predicted octanol–water partition coefficient (Wildman–Crippen LogP) is 4.09. The summed E-state index contributed by atoms with van der Waals surface area (Å²) in [6, 6.07) is 12.1. The van der Waals surface area contributed by atoms with E-state index in [0.717, 1.165) is 4.88 Å². The molecule has 1 unspecified atom stereocenters. The lowest BCUT2D eigenvalue weighted by atomic mass is 10.0. The molecule has 0 bridgehead atoms. The average molecular weight is 426 g/mol. The number of ether oxygens (including phenoxy) is 2. The fraction of sp³-hybridized carbons (Fsp3) is 0.182. The molecule has 2 heterocycles. The number of amides is 2. The summed E-state index contributed by atoms with van der Waals surface area (Å²) in [6.07, 6.45) is 0. The summed E-state index contributed by atoms with van der Waals surface area (Å²) in [7, 11) is 3.00. The van der Waals surface area contributed by atoms with Crippen LogP contribution in [0.2, 0.25) is 0 Å². The minimum atomic E-state index is -0.616. The van der Waals surface area contributed by atoms with Gasteiger partial charge in [0.25, 0.3) is 5.91 Å². The number of hydrogen-bond donors (Lipinski definition) is 1. The van der Waals surface area contributed by atoms with Crippen molar-refractivity contribution in [3.8, 4) is 11.5 Å². The molecule has 2 aromatic carbocycles. The minimum Gasteiger partial charge on any atom is -0.493 e. The number of rotatable bonds is 4. The first-order valence-electron chi connectivity index (χ1n) is 9.17. The Kier molecular flexibility index (Phi) is 5.41. The van der Waals surface area contributed by atoms with Gasteiger partial charge in [0, 0.05) is 21.7 Å². The van der Waals surface area contributed by atoms with E-state index in [4.69, 9.17) is 9.47 Å². The topological polar surface area (TPSA) is 67.9 Å². The molecular formula is C22H19FN2O4S. The van der Waals surface area contributed by atoms with Crippen molar-refractivity contribution in [2.45, 2.75) is 6.04 Å². The molecule has 0 spiro atoms. The van der Waals surface area contributed by atoms with Crippen LogP contribution in [0.1, 0.15) is 26.8 Å². The number of nitrogens with one attached hydrogen (secondary N) is 1. The first-order chi connectivity index (χ1) is 14.5. The van der Waals surface area contributed by atoms with Crippen LogP contribution in [0.3, 0.4) is 0 Å². The molecule has 0 aliphatic carbocycles. The van der Waals surface area contributed by atoms with E-state index in [1.54, 1.807) is 18.2 Å². The molecule has 0 saturated heterocycles. The molecule has 30 heavy (non-hydrogen) atoms. The van der Waals surface area contributed by atoms with Crippen LogP contribution in [-0.2, 0) is 4.79 Å². The van der Waals surface area contributed by atoms with Crippen LogP contribution in [-0.4, -0.2) is 37.5 Å². The van der Waals surface area contributed by atoms with Crippen molar-refractivity contribution in [2.75, 3.05) is 26.1 Å². The van der Waals surface area contributed by atoms with E-state index < -0.39 is 11.9 Å². The first kappa shape index (κ1) is 19.9. The molecule has 1 aliphatic rings. The molecular weight excluding hydrogens is 407 g/mol. The van der Waals surface area contributed by atoms with Crippen molar-refractivity contribution in [1.29, 1.82) is 0 Å². The summed E-state index contributed by atoms with van der Waals surface area (Å²) >= 11 is 1.44. The number of hydrogen-bond acceptors (Lipinski definition) is 5. The summed E-state index contributed by atoms with van der Waals surface area (Å²) in [5.74, 6) is -0.269. The Hall–Kier alpha value is -3.39. The van der Waals surface area contributed by atoms with Crippen molar-refractivity contribution in [3.05, 3.63) is 75.7 Å². The molecule has 2 amide bonds. The molecule has 0 fully saturated rings. The SMILES string of the molecule is COc1ccc(C(=O)N2CC(=O)Nc3ccc(F)cc3C2c2cccs2)cc1OC. The Morgan fingerprint density at radius 1 is 1.13 bits per heavy atom. The van der Waals surface area contributed by atoms with Gasteiger partial charge in [0.2, 0.25) is 5.91 Å². The highest BCUT2D eigenvalue weighted by molar-refractivity contribution is 7.10. The largest absolute Gasteiger partial charge is 0.493 e. The number of fused-ring (bicyclic) bond motifs is 1. The van der Waals surface area contributed by atoms with Crippen LogP contribution in [0.5, 0.6) is 11.5 Å². The van der Waals surface area contributed by atoms with E-state index in [1.165, 1.54) is 48.7 Å². The highest BCUT2D eigenvalue weighted by Gasteiger charge is 2.35. The van der Waals surface area contributed by atoms with Gasteiger partial charge in [0.1, 0.15) is 12.4 Å². The zero-order valence-corrected chi connectivity index (χ0v) is 17.2. The summed E-state index contributed by atoms with van der Waals surface area (Å²) in [4.78, 5) is 28.4. The summed E-state index contributed by atoms with van der Waals surface area (Å²) < 4.78 is 24.7. The van der Waals surface area contributed by atoms with Gasteiger partial charge in [0.05, 0.1) is 20.3 Å². The maximum absolute atomic E-state index is 14.1. The molecule has 6 nitrogen and oxygen atoms in total. The van der Waals surface area contributed by atoms with E-state index >= 15 is 0 Å². The third kappa shape index (κ3) is 3.61. The maximum atomic E-state index is 14.1. The van der Waals surface area contributed by atoms with Crippen molar-refractivity contribution in [3.63, 3.8) is 0 Å². The second kappa shape index (κ2) is 8.16. The number of benzene rings is 2. The van der Waals surface area contributed by atoms with Gasteiger partial charge >= 0.3 is 0 Å². The predicted molar refractivity (Wildman–Crippen MR) is 112 cm³/mol. The van der Waals surface area contributed by atoms with Gasteiger partial charge < -0.3 is 19.7 Å². The van der Waals surface area contributed by atoms with Crippen molar-refractivity contribution >= 4 is 28.8 Å². The molecule has 8 heteroatoms.